The molecule has 0 atom stereocenters. The molecule has 3 nitrogen and oxygen atoms in total. The number of anilines is 1. The summed E-state index contributed by atoms with van der Waals surface area (Å²) < 4.78 is 13.5. The Morgan fingerprint density at radius 3 is 2.61 bits per heavy atom. The molecule has 0 heterocycles. The highest BCUT2D eigenvalue weighted by atomic mass is 79.9. The third-order valence-corrected chi connectivity index (χ3v) is 4.12. The fourth-order valence-electron chi connectivity index (χ4n) is 2.13. The highest BCUT2D eigenvalue weighted by Crippen LogP contribution is 2.34. The van der Waals surface area contributed by atoms with Crippen LogP contribution in [0.2, 0.25) is 5.02 Å². The van der Waals surface area contributed by atoms with Crippen LogP contribution in [-0.4, -0.2) is 11.4 Å². The Labute approximate surface area is 118 Å². The van der Waals surface area contributed by atoms with E-state index in [2.05, 4.69) is 21.2 Å². The van der Waals surface area contributed by atoms with E-state index in [1.165, 1.54) is 6.07 Å². The molecule has 1 saturated carbocycles. The van der Waals surface area contributed by atoms with Gasteiger partial charge in [-0.3, -0.25) is 4.79 Å². The number of carbonyl (C=O) groups excluding carboxylic acids is 1. The fourth-order valence-corrected chi connectivity index (χ4v) is 3.03. The van der Waals surface area contributed by atoms with E-state index in [4.69, 9.17) is 17.3 Å². The number of halogens is 3. The Balaban J connectivity index is 2.22. The Hall–Kier alpha value is -0.650. The Morgan fingerprint density at radius 2 is 2.06 bits per heavy atom. The summed E-state index contributed by atoms with van der Waals surface area (Å²) in [5.41, 5.74) is 5.56. The van der Waals surface area contributed by atoms with Gasteiger partial charge in [-0.1, -0.05) is 24.4 Å². The second kappa shape index (κ2) is 5.15. The lowest BCUT2D eigenvalue weighted by atomic mass is 9.98. The highest BCUT2D eigenvalue weighted by molar-refractivity contribution is 9.10. The molecular weight excluding hydrogens is 323 g/mol. The zero-order valence-electron chi connectivity index (χ0n) is 9.60. The molecule has 1 aromatic rings. The lowest BCUT2D eigenvalue weighted by Crippen LogP contribution is -2.48. The molecular formula is C12H13BrClFN2O. The highest BCUT2D eigenvalue weighted by Gasteiger charge is 2.37. The number of amides is 1. The lowest BCUT2D eigenvalue weighted by molar-refractivity contribution is -0.121. The summed E-state index contributed by atoms with van der Waals surface area (Å²) >= 11 is 9.08. The normalized spacial score (nSPS) is 17.8. The number of hydrogen-bond donors (Lipinski definition) is 2. The maximum Gasteiger partial charge on any atom is 0.244 e. The first kappa shape index (κ1) is 13.8. The summed E-state index contributed by atoms with van der Waals surface area (Å²) in [6.45, 7) is 0. The Bertz CT molecular complexity index is 466. The molecule has 1 aliphatic rings. The van der Waals surface area contributed by atoms with E-state index in [0.717, 1.165) is 18.9 Å². The average molecular weight is 336 g/mol. The molecule has 0 bridgehead atoms. The third kappa shape index (κ3) is 2.68. The standard InChI is InChI=1S/C12H13BrClFN2O/c13-8-5-7(15)6-9(14)10(8)17-11(18)12(16)3-1-2-4-12/h5-6H,1-4,16H2,(H,17,18). The fraction of sp³-hybridized carbons (Fsp3) is 0.417. The van der Waals surface area contributed by atoms with Crippen molar-refractivity contribution in [3.63, 3.8) is 0 Å². The van der Waals surface area contributed by atoms with Crippen LogP contribution in [0, 0.1) is 5.82 Å². The number of rotatable bonds is 2. The first-order valence-corrected chi connectivity index (χ1v) is 6.84. The summed E-state index contributed by atoms with van der Waals surface area (Å²) in [4.78, 5) is 12.1. The van der Waals surface area contributed by atoms with Crippen molar-refractivity contribution in [3.05, 3.63) is 27.4 Å². The van der Waals surface area contributed by atoms with Gasteiger partial charge in [0.2, 0.25) is 5.91 Å². The first-order valence-electron chi connectivity index (χ1n) is 5.67. The third-order valence-electron chi connectivity index (χ3n) is 3.19. The van der Waals surface area contributed by atoms with Crippen LogP contribution >= 0.6 is 27.5 Å². The van der Waals surface area contributed by atoms with Crippen molar-refractivity contribution >= 4 is 39.1 Å². The van der Waals surface area contributed by atoms with Gasteiger partial charge in [-0.05, 0) is 40.9 Å². The van der Waals surface area contributed by atoms with Crippen LogP contribution in [0.15, 0.2) is 16.6 Å². The second-order valence-electron chi connectivity index (χ2n) is 4.56. The molecule has 98 valence electrons. The molecule has 0 unspecified atom stereocenters. The maximum atomic E-state index is 13.1. The molecule has 0 aromatic heterocycles. The molecule has 1 fully saturated rings. The van der Waals surface area contributed by atoms with Gasteiger partial charge in [0, 0.05) is 4.47 Å². The zero-order chi connectivity index (χ0) is 13.3. The van der Waals surface area contributed by atoms with E-state index in [1.807, 2.05) is 0 Å². The lowest BCUT2D eigenvalue weighted by Gasteiger charge is -2.23. The van der Waals surface area contributed by atoms with Crippen molar-refractivity contribution in [1.29, 1.82) is 0 Å². The van der Waals surface area contributed by atoms with Gasteiger partial charge < -0.3 is 11.1 Å². The van der Waals surface area contributed by atoms with Crippen molar-refractivity contribution in [3.8, 4) is 0 Å². The van der Waals surface area contributed by atoms with E-state index in [1.54, 1.807) is 0 Å². The summed E-state index contributed by atoms with van der Waals surface area (Å²) in [7, 11) is 0. The quantitative estimate of drug-likeness (QED) is 0.869. The van der Waals surface area contributed by atoms with E-state index < -0.39 is 11.4 Å². The molecule has 1 amide bonds. The molecule has 1 aliphatic carbocycles. The van der Waals surface area contributed by atoms with Crippen molar-refractivity contribution < 1.29 is 9.18 Å². The van der Waals surface area contributed by atoms with Crippen LogP contribution in [0.5, 0.6) is 0 Å². The molecule has 1 aromatic carbocycles. The minimum atomic E-state index is -0.836. The smallest absolute Gasteiger partial charge is 0.244 e. The summed E-state index contributed by atoms with van der Waals surface area (Å²) in [6, 6.07) is 2.40. The van der Waals surface area contributed by atoms with Gasteiger partial charge in [0.25, 0.3) is 0 Å². The number of carbonyl (C=O) groups is 1. The largest absolute Gasteiger partial charge is 0.322 e. The summed E-state index contributed by atoms with van der Waals surface area (Å²) in [6.07, 6.45) is 3.22. The van der Waals surface area contributed by atoms with Crippen LogP contribution in [0.1, 0.15) is 25.7 Å². The second-order valence-corrected chi connectivity index (χ2v) is 5.82. The van der Waals surface area contributed by atoms with Crippen molar-refractivity contribution in [2.45, 2.75) is 31.2 Å². The predicted octanol–water partition coefficient (Wildman–Crippen LogP) is 3.45. The molecule has 0 spiro atoms. The van der Waals surface area contributed by atoms with Crippen molar-refractivity contribution in [2.24, 2.45) is 5.73 Å². The topological polar surface area (TPSA) is 55.1 Å². The van der Waals surface area contributed by atoms with E-state index in [-0.39, 0.29) is 10.9 Å². The van der Waals surface area contributed by atoms with Crippen LogP contribution in [0.3, 0.4) is 0 Å². The van der Waals surface area contributed by atoms with Gasteiger partial charge in [-0.15, -0.1) is 0 Å². The van der Waals surface area contributed by atoms with Gasteiger partial charge >= 0.3 is 0 Å². The zero-order valence-corrected chi connectivity index (χ0v) is 11.9. The average Bonchev–Trinajstić information content (AvgIpc) is 2.71. The van der Waals surface area contributed by atoms with Crippen LogP contribution in [0.25, 0.3) is 0 Å². The van der Waals surface area contributed by atoms with Gasteiger partial charge in [-0.25, -0.2) is 4.39 Å². The van der Waals surface area contributed by atoms with Crippen molar-refractivity contribution in [1.82, 2.24) is 0 Å². The minimum absolute atomic E-state index is 0.150. The monoisotopic (exact) mass is 334 g/mol. The van der Waals surface area contributed by atoms with Gasteiger partial charge in [0.05, 0.1) is 16.2 Å². The number of hydrogen-bond acceptors (Lipinski definition) is 2. The predicted molar refractivity (Wildman–Crippen MR) is 73.1 cm³/mol. The summed E-state index contributed by atoms with van der Waals surface area (Å²) in [5.74, 6) is -0.734. The molecule has 2 rings (SSSR count). The molecule has 0 radical (unpaired) electrons. The number of nitrogens with two attached hydrogens (primary N) is 1. The SMILES string of the molecule is NC1(C(=O)Nc2c(Cl)cc(F)cc2Br)CCCC1. The van der Waals surface area contributed by atoms with Crippen LogP contribution in [-0.2, 0) is 4.79 Å². The Kier molecular flexibility index (Phi) is 3.94. The van der Waals surface area contributed by atoms with E-state index >= 15 is 0 Å². The summed E-state index contributed by atoms with van der Waals surface area (Å²) in [5, 5.41) is 2.83. The van der Waals surface area contributed by atoms with Gasteiger partial charge in [0.15, 0.2) is 0 Å². The van der Waals surface area contributed by atoms with Crippen LogP contribution < -0.4 is 11.1 Å². The Morgan fingerprint density at radius 1 is 1.44 bits per heavy atom. The van der Waals surface area contributed by atoms with Crippen LogP contribution in [0.4, 0.5) is 10.1 Å². The molecule has 0 aliphatic heterocycles. The maximum absolute atomic E-state index is 13.1. The van der Waals surface area contributed by atoms with Gasteiger partial charge in [-0.2, -0.15) is 0 Å². The minimum Gasteiger partial charge on any atom is -0.322 e. The van der Waals surface area contributed by atoms with E-state index in [9.17, 15) is 9.18 Å². The van der Waals surface area contributed by atoms with Gasteiger partial charge in [0.1, 0.15) is 5.82 Å². The molecule has 3 N–H and O–H groups in total. The molecule has 18 heavy (non-hydrogen) atoms. The number of nitrogens with one attached hydrogen (secondary N) is 1. The van der Waals surface area contributed by atoms with E-state index in [0.29, 0.717) is 23.0 Å². The van der Waals surface area contributed by atoms with Crippen molar-refractivity contribution in [2.75, 3.05) is 5.32 Å². The molecule has 0 saturated heterocycles. The first-order chi connectivity index (χ1) is 8.42. The molecule has 6 heteroatoms. The number of benzene rings is 1.